The van der Waals surface area contributed by atoms with Gasteiger partial charge in [-0.05, 0) is 38.1 Å². The van der Waals surface area contributed by atoms with Crippen molar-refractivity contribution in [3.8, 4) is 0 Å². The summed E-state index contributed by atoms with van der Waals surface area (Å²) in [6.07, 6.45) is 0. The number of nitrogens with zero attached hydrogens (tertiary/aromatic N) is 4. The third kappa shape index (κ3) is 4.17. The maximum atomic E-state index is 10.8. The smallest absolute Gasteiger partial charge is 0.269 e. The first-order valence-corrected chi connectivity index (χ1v) is 7.79. The predicted octanol–water partition coefficient (Wildman–Crippen LogP) is 3.80. The van der Waals surface area contributed by atoms with E-state index < -0.39 is 9.85 Å². The summed E-state index contributed by atoms with van der Waals surface area (Å²) in [6.45, 7) is 4.97. The van der Waals surface area contributed by atoms with Crippen LogP contribution in [0.1, 0.15) is 19.4 Å². The molecule has 0 N–H and O–H groups in total. The second-order valence-electron chi connectivity index (χ2n) is 5.12. The largest absolute Gasteiger partial charge is 0.326 e. The van der Waals surface area contributed by atoms with Crippen LogP contribution in [-0.2, 0) is 0 Å². The number of hydrogen-bond acceptors (Lipinski definition) is 5. The summed E-state index contributed by atoms with van der Waals surface area (Å²) in [5.74, 6) is 0.661. The molecule has 8 nitrogen and oxygen atoms in total. The van der Waals surface area contributed by atoms with E-state index in [4.69, 9.17) is 0 Å². The summed E-state index contributed by atoms with van der Waals surface area (Å²) >= 11 is 0. The van der Waals surface area contributed by atoms with Gasteiger partial charge >= 0.3 is 0 Å². The van der Waals surface area contributed by atoms with Crippen LogP contribution in [0.5, 0.6) is 0 Å². The van der Waals surface area contributed by atoms with E-state index in [9.17, 15) is 20.2 Å². The lowest BCUT2D eigenvalue weighted by atomic mass is 10.1. The van der Waals surface area contributed by atoms with E-state index >= 15 is 0 Å². The summed E-state index contributed by atoms with van der Waals surface area (Å²) in [4.78, 5) is 27.2. The van der Waals surface area contributed by atoms with Crippen LogP contribution < -0.4 is 4.90 Å². The fourth-order valence-corrected chi connectivity index (χ4v) is 2.42. The first kappa shape index (κ1) is 18.1. The predicted molar refractivity (Wildman–Crippen MR) is 96.3 cm³/mol. The van der Waals surface area contributed by atoms with Crippen molar-refractivity contribution in [1.82, 2.24) is 0 Å². The Morgan fingerprint density at radius 1 is 0.920 bits per heavy atom. The molecular formula is C17H18N4O4. The quantitative estimate of drug-likeness (QED) is 0.344. The molecule has 0 bridgehead atoms. The van der Waals surface area contributed by atoms with Gasteiger partial charge in [-0.2, -0.15) is 0 Å². The number of nitro groups is 2. The first-order chi connectivity index (χ1) is 12.0. The molecule has 0 aliphatic rings. The SMILES string of the molecule is CCN=C(c1ccc([N+](=O)[O-])cc1)N(CC)c1ccc([N+](=O)[O-])cc1. The maximum absolute atomic E-state index is 10.8. The zero-order valence-corrected chi connectivity index (χ0v) is 14.0. The molecule has 0 saturated carbocycles. The normalized spacial score (nSPS) is 11.2. The number of hydrogen-bond donors (Lipinski definition) is 0. The van der Waals surface area contributed by atoms with Gasteiger partial charge in [-0.1, -0.05) is 0 Å². The summed E-state index contributed by atoms with van der Waals surface area (Å²) in [5, 5.41) is 21.6. The van der Waals surface area contributed by atoms with Crippen molar-refractivity contribution >= 4 is 22.9 Å². The maximum Gasteiger partial charge on any atom is 0.269 e. The molecule has 0 spiro atoms. The van der Waals surface area contributed by atoms with Crippen LogP contribution in [0.4, 0.5) is 17.1 Å². The number of benzene rings is 2. The third-order valence-corrected chi connectivity index (χ3v) is 3.59. The van der Waals surface area contributed by atoms with Crippen LogP contribution in [0.15, 0.2) is 53.5 Å². The number of nitro benzene ring substituents is 2. The van der Waals surface area contributed by atoms with Gasteiger partial charge in [0.25, 0.3) is 11.4 Å². The van der Waals surface area contributed by atoms with Crippen molar-refractivity contribution in [3.63, 3.8) is 0 Å². The summed E-state index contributed by atoms with van der Waals surface area (Å²) < 4.78 is 0. The van der Waals surface area contributed by atoms with Crippen molar-refractivity contribution in [1.29, 1.82) is 0 Å². The molecular weight excluding hydrogens is 324 g/mol. The van der Waals surface area contributed by atoms with Gasteiger partial charge in [0.05, 0.1) is 9.85 Å². The van der Waals surface area contributed by atoms with Gasteiger partial charge in [0, 0.05) is 48.6 Å². The number of rotatable bonds is 6. The summed E-state index contributed by atoms with van der Waals surface area (Å²) in [7, 11) is 0. The Morgan fingerprint density at radius 3 is 1.80 bits per heavy atom. The van der Waals surface area contributed by atoms with E-state index in [1.807, 2.05) is 18.7 Å². The third-order valence-electron chi connectivity index (χ3n) is 3.59. The topological polar surface area (TPSA) is 102 Å². The van der Waals surface area contributed by atoms with Gasteiger partial charge in [0.1, 0.15) is 5.84 Å². The van der Waals surface area contributed by atoms with Crippen molar-refractivity contribution in [2.45, 2.75) is 13.8 Å². The number of anilines is 1. The molecule has 25 heavy (non-hydrogen) atoms. The highest BCUT2D eigenvalue weighted by molar-refractivity contribution is 6.10. The van der Waals surface area contributed by atoms with Crippen LogP contribution in [0.25, 0.3) is 0 Å². The molecule has 2 aromatic rings. The highest BCUT2D eigenvalue weighted by Gasteiger charge is 2.16. The average Bonchev–Trinajstić information content (AvgIpc) is 2.62. The van der Waals surface area contributed by atoms with E-state index in [0.29, 0.717) is 18.9 Å². The highest BCUT2D eigenvalue weighted by atomic mass is 16.6. The van der Waals surface area contributed by atoms with Crippen molar-refractivity contribution in [3.05, 3.63) is 74.3 Å². The Hall–Kier alpha value is -3.29. The minimum Gasteiger partial charge on any atom is -0.326 e. The first-order valence-electron chi connectivity index (χ1n) is 7.79. The van der Waals surface area contributed by atoms with Gasteiger partial charge in [0.2, 0.25) is 0 Å². The molecule has 0 aliphatic carbocycles. The van der Waals surface area contributed by atoms with Gasteiger partial charge in [0.15, 0.2) is 0 Å². The molecule has 0 unspecified atom stereocenters. The Labute approximate surface area is 144 Å². The number of aliphatic imine (C=N–C) groups is 1. The second kappa shape index (κ2) is 8.00. The van der Waals surface area contributed by atoms with Crippen molar-refractivity contribution < 1.29 is 9.85 Å². The fraction of sp³-hybridized carbons (Fsp3) is 0.235. The van der Waals surface area contributed by atoms with E-state index in [1.165, 1.54) is 24.3 Å². The molecule has 0 heterocycles. The molecule has 0 saturated heterocycles. The Bertz CT molecular complexity index is 785. The van der Waals surface area contributed by atoms with E-state index in [-0.39, 0.29) is 11.4 Å². The van der Waals surface area contributed by atoms with Gasteiger partial charge in [-0.3, -0.25) is 25.2 Å². The Kier molecular flexibility index (Phi) is 5.78. The molecule has 0 fully saturated rings. The van der Waals surface area contributed by atoms with Crippen LogP contribution in [0.3, 0.4) is 0 Å². The molecule has 0 atom stereocenters. The molecule has 0 aliphatic heterocycles. The van der Waals surface area contributed by atoms with Gasteiger partial charge in [-0.15, -0.1) is 0 Å². The fourth-order valence-electron chi connectivity index (χ4n) is 2.42. The standard InChI is InChI=1S/C17H18N4O4/c1-3-18-17(13-5-7-15(8-6-13)20(22)23)19(4-2)14-9-11-16(12-10-14)21(24)25/h5-12H,3-4H2,1-2H3. The molecule has 2 rings (SSSR count). The van der Waals surface area contributed by atoms with Crippen LogP contribution >= 0.6 is 0 Å². The number of amidine groups is 1. The Morgan fingerprint density at radius 2 is 1.40 bits per heavy atom. The highest BCUT2D eigenvalue weighted by Crippen LogP contribution is 2.22. The lowest BCUT2D eigenvalue weighted by Crippen LogP contribution is -2.31. The Balaban J connectivity index is 2.40. The molecule has 0 radical (unpaired) electrons. The van der Waals surface area contributed by atoms with E-state index in [2.05, 4.69) is 4.99 Å². The summed E-state index contributed by atoms with van der Waals surface area (Å²) in [6, 6.07) is 12.4. The van der Waals surface area contributed by atoms with Crippen LogP contribution in [0.2, 0.25) is 0 Å². The van der Waals surface area contributed by atoms with Crippen LogP contribution in [-0.4, -0.2) is 28.8 Å². The molecule has 130 valence electrons. The van der Waals surface area contributed by atoms with Crippen LogP contribution in [0, 0.1) is 20.2 Å². The minimum atomic E-state index is -0.450. The zero-order valence-electron chi connectivity index (χ0n) is 14.0. The van der Waals surface area contributed by atoms with Crippen molar-refractivity contribution in [2.75, 3.05) is 18.0 Å². The zero-order chi connectivity index (χ0) is 18.4. The minimum absolute atomic E-state index is 0.0120. The average molecular weight is 342 g/mol. The van der Waals surface area contributed by atoms with Crippen molar-refractivity contribution in [2.24, 2.45) is 4.99 Å². The van der Waals surface area contributed by atoms with Gasteiger partial charge in [-0.25, -0.2) is 0 Å². The molecule has 8 heteroatoms. The molecule has 0 amide bonds. The lowest BCUT2D eigenvalue weighted by Gasteiger charge is -2.25. The second-order valence-corrected chi connectivity index (χ2v) is 5.12. The molecule has 2 aromatic carbocycles. The number of non-ortho nitro benzene ring substituents is 2. The molecule has 0 aromatic heterocycles. The van der Waals surface area contributed by atoms with E-state index in [0.717, 1.165) is 11.3 Å². The van der Waals surface area contributed by atoms with Gasteiger partial charge < -0.3 is 4.90 Å². The monoisotopic (exact) mass is 342 g/mol. The van der Waals surface area contributed by atoms with E-state index in [1.54, 1.807) is 24.3 Å². The summed E-state index contributed by atoms with van der Waals surface area (Å²) in [5.41, 5.74) is 1.54. The lowest BCUT2D eigenvalue weighted by molar-refractivity contribution is -0.385.